The van der Waals surface area contributed by atoms with Crippen molar-refractivity contribution in [2.24, 2.45) is 0 Å². The molecule has 0 rings (SSSR count). The summed E-state index contributed by atoms with van der Waals surface area (Å²) in [6, 6.07) is 0. The molecule has 0 aromatic carbocycles. The van der Waals surface area contributed by atoms with Gasteiger partial charge in [-0.25, -0.2) is 0 Å². The Hall–Kier alpha value is 0.250. The number of hydrogen-bond acceptors (Lipinski definition) is 0. The molecule has 0 unspecified atom stereocenters. The molecule has 0 aliphatic heterocycles. The van der Waals surface area contributed by atoms with Gasteiger partial charge in [-0.15, -0.1) is 0 Å². The van der Waals surface area contributed by atoms with Crippen molar-refractivity contribution in [3.05, 3.63) is 0 Å². The van der Waals surface area contributed by atoms with E-state index in [9.17, 15) is 0 Å². The van der Waals surface area contributed by atoms with E-state index in [1.807, 2.05) is 0 Å². The molecule has 0 aliphatic rings. The zero-order valence-corrected chi connectivity index (χ0v) is 9.37. The summed E-state index contributed by atoms with van der Waals surface area (Å²) in [6.07, 6.45) is 8.32. The molecule has 0 fully saturated rings. The highest BCUT2D eigenvalue weighted by Crippen LogP contribution is 1.90. The fourth-order valence-electron chi connectivity index (χ4n) is 1.22. The van der Waals surface area contributed by atoms with Crippen LogP contribution in [0.1, 0.15) is 52.4 Å². The van der Waals surface area contributed by atoms with Gasteiger partial charge in [0, 0.05) is 0 Å². The molecule has 1 nitrogen and oxygen atoms in total. The van der Waals surface area contributed by atoms with Gasteiger partial charge in [0.05, 0.1) is 13.1 Å². The number of halogens is 1. The molecular formula is C10H24ClN. The average Bonchev–Trinajstić information content (AvgIpc) is 2.03. The Morgan fingerprint density at radius 1 is 0.750 bits per heavy atom. The maximum atomic E-state index is 2.46. The molecule has 0 saturated heterocycles. The topological polar surface area (TPSA) is 16.6 Å². The van der Waals surface area contributed by atoms with E-state index >= 15 is 0 Å². The average molecular weight is 194 g/mol. The lowest BCUT2D eigenvalue weighted by molar-refractivity contribution is -0.655. The molecule has 0 amide bonds. The second-order valence-electron chi connectivity index (χ2n) is 3.28. The van der Waals surface area contributed by atoms with Crippen LogP contribution in [0.2, 0.25) is 0 Å². The summed E-state index contributed by atoms with van der Waals surface area (Å²) in [4.78, 5) is 0. The minimum Gasteiger partial charge on any atom is -1.00 e. The van der Waals surface area contributed by atoms with Crippen LogP contribution >= 0.6 is 0 Å². The summed E-state index contributed by atoms with van der Waals surface area (Å²) in [5.41, 5.74) is 0. The Balaban J connectivity index is 0. The van der Waals surface area contributed by atoms with Gasteiger partial charge in [0.15, 0.2) is 0 Å². The number of rotatable bonds is 8. The van der Waals surface area contributed by atoms with Crippen molar-refractivity contribution in [1.29, 1.82) is 0 Å². The number of nitrogens with two attached hydrogens (primary N) is 1. The fraction of sp³-hybridized carbons (Fsp3) is 1.00. The first kappa shape index (κ1) is 14.8. The van der Waals surface area contributed by atoms with E-state index < -0.39 is 0 Å². The van der Waals surface area contributed by atoms with Gasteiger partial charge in [-0.3, -0.25) is 0 Å². The normalized spacial score (nSPS) is 9.50. The lowest BCUT2D eigenvalue weighted by atomic mass is 10.2. The van der Waals surface area contributed by atoms with E-state index in [1.165, 1.54) is 51.6 Å². The standard InChI is InChI=1S/C10H23N.ClH/c1-3-5-7-9-11-10-8-6-4-2;/h11H,3-10H2,1-2H3;1H. The third-order valence-electron chi connectivity index (χ3n) is 2.02. The Kier molecular flexibility index (Phi) is 17.0. The van der Waals surface area contributed by atoms with Crippen LogP contribution in [-0.4, -0.2) is 13.1 Å². The van der Waals surface area contributed by atoms with Gasteiger partial charge in [0.25, 0.3) is 0 Å². The highest BCUT2D eigenvalue weighted by Gasteiger charge is 1.90. The van der Waals surface area contributed by atoms with Crippen molar-refractivity contribution in [2.75, 3.05) is 13.1 Å². The monoisotopic (exact) mass is 193 g/mol. The van der Waals surface area contributed by atoms with Gasteiger partial charge in [0.2, 0.25) is 0 Å². The zero-order valence-electron chi connectivity index (χ0n) is 8.61. The van der Waals surface area contributed by atoms with Gasteiger partial charge in [-0.1, -0.05) is 26.7 Å². The first-order valence-electron chi connectivity index (χ1n) is 5.23. The summed E-state index contributed by atoms with van der Waals surface area (Å²) >= 11 is 0. The molecule has 0 aromatic rings. The maximum absolute atomic E-state index is 2.46. The van der Waals surface area contributed by atoms with E-state index in [0.717, 1.165) is 0 Å². The summed E-state index contributed by atoms with van der Waals surface area (Å²) in [5, 5.41) is 2.46. The van der Waals surface area contributed by atoms with Crippen LogP contribution in [0.15, 0.2) is 0 Å². The van der Waals surface area contributed by atoms with Gasteiger partial charge in [0.1, 0.15) is 0 Å². The fourth-order valence-corrected chi connectivity index (χ4v) is 1.22. The molecule has 12 heavy (non-hydrogen) atoms. The first-order valence-corrected chi connectivity index (χ1v) is 5.23. The summed E-state index contributed by atoms with van der Waals surface area (Å²) < 4.78 is 0. The van der Waals surface area contributed by atoms with Crippen molar-refractivity contribution in [2.45, 2.75) is 52.4 Å². The van der Waals surface area contributed by atoms with Crippen LogP contribution in [0.4, 0.5) is 0 Å². The van der Waals surface area contributed by atoms with Crippen LogP contribution in [-0.2, 0) is 0 Å². The van der Waals surface area contributed by atoms with Crippen molar-refractivity contribution in [3.8, 4) is 0 Å². The summed E-state index contributed by atoms with van der Waals surface area (Å²) in [7, 11) is 0. The summed E-state index contributed by atoms with van der Waals surface area (Å²) in [6.45, 7) is 7.21. The largest absolute Gasteiger partial charge is 1.00 e. The Bertz CT molecular complexity index is 58.9. The molecule has 0 radical (unpaired) electrons. The predicted octanol–water partition coefficient (Wildman–Crippen LogP) is -1.07. The number of unbranched alkanes of at least 4 members (excludes halogenated alkanes) is 4. The molecule has 0 spiro atoms. The van der Waals surface area contributed by atoms with Crippen LogP contribution < -0.4 is 17.7 Å². The molecule has 0 aliphatic carbocycles. The molecule has 0 saturated carbocycles. The van der Waals surface area contributed by atoms with Crippen molar-refractivity contribution < 1.29 is 17.7 Å². The molecule has 0 heterocycles. The van der Waals surface area contributed by atoms with Crippen molar-refractivity contribution >= 4 is 0 Å². The molecule has 0 aromatic heterocycles. The highest BCUT2D eigenvalue weighted by molar-refractivity contribution is 4.34. The van der Waals surface area contributed by atoms with E-state index in [2.05, 4.69) is 19.2 Å². The second-order valence-corrected chi connectivity index (χ2v) is 3.28. The van der Waals surface area contributed by atoms with Crippen LogP contribution in [0.5, 0.6) is 0 Å². The minimum atomic E-state index is 0. The molecule has 0 atom stereocenters. The van der Waals surface area contributed by atoms with Crippen molar-refractivity contribution in [3.63, 3.8) is 0 Å². The Morgan fingerprint density at radius 3 is 1.50 bits per heavy atom. The first-order chi connectivity index (χ1) is 5.41. The molecular weight excluding hydrogens is 170 g/mol. The van der Waals surface area contributed by atoms with E-state index in [4.69, 9.17) is 0 Å². The maximum Gasteiger partial charge on any atom is 0.0755 e. The third kappa shape index (κ3) is 12.9. The zero-order chi connectivity index (χ0) is 8.36. The molecule has 2 N–H and O–H groups in total. The van der Waals surface area contributed by atoms with Crippen LogP contribution in [0.25, 0.3) is 0 Å². The Labute approximate surface area is 83.7 Å². The smallest absolute Gasteiger partial charge is 0.0755 e. The number of quaternary nitrogens is 1. The molecule has 0 bridgehead atoms. The minimum absolute atomic E-state index is 0. The predicted molar refractivity (Wildman–Crippen MR) is 50.7 cm³/mol. The lowest BCUT2D eigenvalue weighted by Gasteiger charge is -1.99. The van der Waals surface area contributed by atoms with E-state index in [-0.39, 0.29) is 12.4 Å². The second kappa shape index (κ2) is 13.8. The SMILES string of the molecule is CCCCC[NH2+]CCCCC.[Cl-]. The third-order valence-corrected chi connectivity index (χ3v) is 2.02. The van der Waals surface area contributed by atoms with E-state index in [1.54, 1.807) is 0 Å². The number of hydrogen-bond donors (Lipinski definition) is 1. The molecule has 2 heteroatoms. The van der Waals surface area contributed by atoms with Crippen LogP contribution in [0.3, 0.4) is 0 Å². The highest BCUT2D eigenvalue weighted by atomic mass is 35.5. The lowest BCUT2D eigenvalue weighted by Crippen LogP contribution is -3.00. The van der Waals surface area contributed by atoms with Crippen molar-refractivity contribution in [1.82, 2.24) is 0 Å². The van der Waals surface area contributed by atoms with Gasteiger partial charge in [-0.05, 0) is 25.7 Å². The van der Waals surface area contributed by atoms with Gasteiger partial charge in [-0.2, -0.15) is 0 Å². The summed E-state index contributed by atoms with van der Waals surface area (Å²) in [5.74, 6) is 0. The van der Waals surface area contributed by atoms with E-state index in [0.29, 0.717) is 0 Å². The Morgan fingerprint density at radius 2 is 1.17 bits per heavy atom. The van der Waals surface area contributed by atoms with Crippen LogP contribution in [0, 0.1) is 0 Å². The van der Waals surface area contributed by atoms with Gasteiger partial charge >= 0.3 is 0 Å². The quantitative estimate of drug-likeness (QED) is 0.474. The van der Waals surface area contributed by atoms with Gasteiger partial charge < -0.3 is 17.7 Å². The molecule has 76 valence electrons.